The molecule has 1 saturated heterocycles. The highest BCUT2D eigenvalue weighted by atomic mass is 16.5. The van der Waals surface area contributed by atoms with E-state index in [4.69, 9.17) is 9.47 Å². The van der Waals surface area contributed by atoms with Gasteiger partial charge in [0.15, 0.2) is 0 Å². The maximum absolute atomic E-state index is 12.4. The standard InChI is InChI=1S/C22H23N3O4/c1-16-8-9-20(14-24-16)29-11-4-3-10-23-22(27)17-12-21(26)25(15-17)18-6-5-7-19(13-18)28-2/h5-9,13-14,17H,10-12,15H2,1-2H3,(H,23,27). The summed E-state index contributed by atoms with van der Waals surface area (Å²) in [5, 5.41) is 2.76. The summed E-state index contributed by atoms with van der Waals surface area (Å²) in [5.41, 5.74) is 1.65. The summed E-state index contributed by atoms with van der Waals surface area (Å²) in [6, 6.07) is 10.9. The zero-order chi connectivity index (χ0) is 20.6. The molecular weight excluding hydrogens is 370 g/mol. The molecule has 29 heavy (non-hydrogen) atoms. The molecule has 1 fully saturated rings. The average molecular weight is 393 g/mol. The van der Waals surface area contributed by atoms with Crippen LogP contribution in [-0.4, -0.2) is 43.6 Å². The van der Waals surface area contributed by atoms with Gasteiger partial charge in [0.1, 0.15) is 18.1 Å². The molecular formula is C22H23N3O4. The molecule has 0 bridgehead atoms. The highest BCUT2D eigenvalue weighted by Gasteiger charge is 2.35. The molecule has 0 radical (unpaired) electrons. The van der Waals surface area contributed by atoms with E-state index in [-0.39, 0.29) is 31.4 Å². The number of hydrogen-bond acceptors (Lipinski definition) is 5. The number of amides is 2. The molecule has 1 N–H and O–H groups in total. The van der Waals surface area contributed by atoms with E-state index < -0.39 is 5.92 Å². The Kier molecular flexibility index (Phi) is 6.69. The predicted molar refractivity (Wildman–Crippen MR) is 109 cm³/mol. The van der Waals surface area contributed by atoms with Gasteiger partial charge in [-0.3, -0.25) is 14.6 Å². The number of carbonyl (C=O) groups excluding carboxylic acids is 2. The molecule has 2 heterocycles. The molecule has 1 aromatic heterocycles. The Morgan fingerprint density at radius 3 is 2.90 bits per heavy atom. The molecule has 2 aromatic rings. The fourth-order valence-corrected chi connectivity index (χ4v) is 2.96. The van der Waals surface area contributed by atoms with Crippen LogP contribution in [0.25, 0.3) is 0 Å². The number of aryl methyl sites for hydroxylation is 1. The Morgan fingerprint density at radius 2 is 2.14 bits per heavy atom. The molecule has 0 spiro atoms. The molecule has 1 unspecified atom stereocenters. The van der Waals surface area contributed by atoms with Gasteiger partial charge in [-0.05, 0) is 31.2 Å². The summed E-state index contributed by atoms with van der Waals surface area (Å²) in [7, 11) is 1.57. The second-order valence-electron chi connectivity index (χ2n) is 6.60. The van der Waals surface area contributed by atoms with Gasteiger partial charge in [0, 0.05) is 30.4 Å². The number of ether oxygens (including phenoxy) is 2. The Balaban J connectivity index is 1.44. The van der Waals surface area contributed by atoms with Crippen molar-refractivity contribution < 1.29 is 19.1 Å². The molecule has 7 nitrogen and oxygen atoms in total. The smallest absolute Gasteiger partial charge is 0.227 e. The van der Waals surface area contributed by atoms with Gasteiger partial charge in [0.05, 0.1) is 25.8 Å². The molecule has 0 saturated carbocycles. The summed E-state index contributed by atoms with van der Waals surface area (Å²) < 4.78 is 10.6. The van der Waals surface area contributed by atoms with Crippen molar-refractivity contribution in [3.05, 3.63) is 48.3 Å². The van der Waals surface area contributed by atoms with E-state index in [1.54, 1.807) is 24.3 Å². The molecule has 0 aliphatic carbocycles. The number of carbonyl (C=O) groups is 2. The Hall–Kier alpha value is -3.53. The van der Waals surface area contributed by atoms with E-state index in [1.165, 1.54) is 0 Å². The van der Waals surface area contributed by atoms with Crippen LogP contribution in [-0.2, 0) is 9.59 Å². The lowest BCUT2D eigenvalue weighted by molar-refractivity contribution is -0.126. The maximum Gasteiger partial charge on any atom is 0.227 e. The van der Waals surface area contributed by atoms with Crippen molar-refractivity contribution in [2.45, 2.75) is 13.3 Å². The lowest BCUT2D eigenvalue weighted by Gasteiger charge is -2.17. The monoisotopic (exact) mass is 393 g/mol. The lowest BCUT2D eigenvalue weighted by atomic mass is 10.1. The van der Waals surface area contributed by atoms with Crippen molar-refractivity contribution in [2.75, 3.05) is 31.7 Å². The van der Waals surface area contributed by atoms with E-state index in [1.807, 2.05) is 37.3 Å². The van der Waals surface area contributed by atoms with Crippen LogP contribution in [0.3, 0.4) is 0 Å². The van der Waals surface area contributed by atoms with Crippen LogP contribution < -0.4 is 19.7 Å². The summed E-state index contributed by atoms with van der Waals surface area (Å²) in [4.78, 5) is 30.4. The summed E-state index contributed by atoms with van der Waals surface area (Å²) >= 11 is 0. The average Bonchev–Trinajstić information content (AvgIpc) is 3.13. The third-order valence-corrected chi connectivity index (χ3v) is 4.53. The molecule has 7 heteroatoms. The number of aromatic nitrogens is 1. The molecule has 1 aliphatic rings. The quantitative estimate of drug-likeness (QED) is 0.759. The summed E-state index contributed by atoms with van der Waals surface area (Å²) in [5.74, 6) is 6.35. The number of nitrogens with one attached hydrogen (secondary N) is 1. The van der Waals surface area contributed by atoms with Crippen LogP contribution in [0.5, 0.6) is 11.5 Å². The van der Waals surface area contributed by atoms with Gasteiger partial charge in [-0.15, -0.1) is 0 Å². The van der Waals surface area contributed by atoms with Gasteiger partial charge in [-0.1, -0.05) is 17.9 Å². The largest absolute Gasteiger partial charge is 0.497 e. The third kappa shape index (κ3) is 5.48. The minimum absolute atomic E-state index is 0.0791. The van der Waals surface area contributed by atoms with Gasteiger partial charge >= 0.3 is 0 Å². The fourth-order valence-electron chi connectivity index (χ4n) is 2.96. The number of anilines is 1. The van der Waals surface area contributed by atoms with Crippen molar-refractivity contribution in [1.29, 1.82) is 0 Å². The minimum Gasteiger partial charge on any atom is -0.497 e. The van der Waals surface area contributed by atoms with E-state index in [9.17, 15) is 9.59 Å². The van der Waals surface area contributed by atoms with Crippen molar-refractivity contribution in [1.82, 2.24) is 10.3 Å². The second-order valence-corrected chi connectivity index (χ2v) is 6.60. The molecule has 1 atom stereocenters. The molecule has 150 valence electrons. The Labute approximate surface area is 170 Å². The first-order chi connectivity index (χ1) is 14.1. The van der Waals surface area contributed by atoms with Crippen LogP contribution in [0.4, 0.5) is 5.69 Å². The van der Waals surface area contributed by atoms with Gasteiger partial charge in [0.25, 0.3) is 0 Å². The first-order valence-electron chi connectivity index (χ1n) is 9.30. The first kappa shape index (κ1) is 20.2. The van der Waals surface area contributed by atoms with Crippen molar-refractivity contribution in [3.8, 4) is 23.3 Å². The molecule has 1 aromatic carbocycles. The van der Waals surface area contributed by atoms with E-state index >= 15 is 0 Å². The van der Waals surface area contributed by atoms with Crippen molar-refractivity contribution >= 4 is 17.5 Å². The number of nitrogens with zero attached hydrogens (tertiary/aromatic N) is 2. The van der Waals surface area contributed by atoms with E-state index in [2.05, 4.69) is 22.1 Å². The predicted octanol–water partition coefficient (Wildman–Crippen LogP) is 1.95. The summed E-state index contributed by atoms with van der Waals surface area (Å²) in [6.45, 7) is 2.67. The number of benzene rings is 1. The third-order valence-electron chi connectivity index (χ3n) is 4.53. The van der Waals surface area contributed by atoms with Gasteiger partial charge < -0.3 is 19.7 Å². The van der Waals surface area contributed by atoms with Crippen LogP contribution in [0.1, 0.15) is 12.1 Å². The molecule has 2 amide bonds. The van der Waals surface area contributed by atoms with Crippen molar-refractivity contribution in [2.24, 2.45) is 5.92 Å². The normalized spacial score (nSPS) is 15.4. The SMILES string of the molecule is COc1cccc(N2CC(C(=O)NCC#CCOc3ccc(C)nc3)CC2=O)c1. The number of rotatable bonds is 6. The van der Waals surface area contributed by atoms with E-state index in [0.717, 1.165) is 11.4 Å². The fraction of sp³-hybridized carbons (Fsp3) is 0.318. The molecule has 1 aliphatic heterocycles. The Morgan fingerprint density at radius 1 is 1.28 bits per heavy atom. The van der Waals surface area contributed by atoms with Gasteiger partial charge in [-0.25, -0.2) is 0 Å². The highest BCUT2D eigenvalue weighted by Crippen LogP contribution is 2.27. The number of pyridine rings is 1. The highest BCUT2D eigenvalue weighted by molar-refractivity contribution is 6.00. The lowest BCUT2D eigenvalue weighted by Crippen LogP contribution is -2.33. The minimum atomic E-state index is -0.398. The maximum atomic E-state index is 12.4. The molecule has 3 rings (SSSR count). The van der Waals surface area contributed by atoms with Crippen LogP contribution in [0.2, 0.25) is 0 Å². The van der Waals surface area contributed by atoms with E-state index in [0.29, 0.717) is 18.0 Å². The van der Waals surface area contributed by atoms with Gasteiger partial charge in [-0.2, -0.15) is 0 Å². The number of hydrogen-bond donors (Lipinski definition) is 1. The van der Waals surface area contributed by atoms with Gasteiger partial charge in [0.2, 0.25) is 11.8 Å². The van der Waals surface area contributed by atoms with Crippen LogP contribution in [0, 0.1) is 24.7 Å². The van der Waals surface area contributed by atoms with Crippen LogP contribution >= 0.6 is 0 Å². The van der Waals surface area contributed by atoms with Crippen molar-refractivity contribution in [3.63, 3.8) is 0 Å². The topological polar surface area (TPSA) is 80.8 Å². The second kappa shape index (κ2) is 9.60. The Bertz CT molecular complexity index is 931. The van der Waals surface area contributed by atoms with Crippen LogP contribution in [0.15, 0.2) is 42.6 Å². The zero-order valence-electron chi connectivity index (χ0n) is 16.5. The number of methoxy groups -OCH3 is 1. The summed E-state index contributed by atoms with van der Waals surface area (Å²) in [6.07, 6.45) is 1.82. The first-order valence-corrected chi connectivity index (χ1v) is 9.30. The zero-order valence-corrected chi connectivity index (χ0v) is 16.5.